The second kappa shape index (κ2) is 7.64. The topological polar surface area (TPSA) is 101 Å². The fraction of sp³-hybridized carbons (Fsp3) is 0.143. The molecule has 3 aromatic carbocycles. The van der Waals surface area contributed by atoms with Crippen LogP contribution in [0.4, 0.5) is 5.69 Å². The molecule has 5 aromatic rings. The third kappa shape index (κ3) is 2.87. The van der Waals surface area contributed by atoms with E-state index in [0.717, 1.165) is 27.1 Å². The monoisotopic (exact) mass is 480 g/mol. The summed E-state index contributed by atoms with van der Waals surface area (Å²) in [5.74, 6) is -0.475. The highest BCUT2D eigenvalue weighted by atomic mass is 16.3. The zero-order chi connectivity index (χ0) is 25.3. The number of fused-ring (bicyclic) bond motifs is 5. The van der Waals surface area contributed by atoms with Crippen molar-refractivity contribution in [1.29, 1.82) is 0 Å². The third-order valence-electron chi connectivity index (χ3n) is 7.06. The van der Waals surface area contributed by atoms with Crippen LogP contribution in [0.3, 0.4) is 0 Å². The van der Waals surface area contributed by atoms with E-state index < -0.39 is 11.7 Å². The summed E-state index contributed by atoms with van der Waals surface area (Å²) in [6.07, 6.45) is 0. The molecule has 8 nitrogen and oxygen atoms in total. The summed E-state index contributed by atoms with van der Waals surface area (Å²) in [7, 11) is 3.16. The van der Waals surface area contributed by atoms with Gasteiger partial charge >= 0.3 is 5.69 Å². The molecule has 36 heavy (non-hydrogen) atoms. The highest BCUT2D eigenvalue weighted by molar-refractivity contribution is 5.99. The zero-order valence-corrected chi connectivity index (χ0v) is 20.0. The molecule has 3 heterocycles. The van der Waals surface area contributed by atoms with Crippen molar-refractivity contribution in [3.8, 4) is 28.4 Å². The Bertz CT molecular complexity index is 1830. The van der Waals surface area contributed by atoms with Gasteiger partial charge in [-0.05, 0) is 42.3 Å². The van der Waals surface area contributed by atoms with Crippen molar-refractivity contribution in [2.24, 2.45) is 14.1 Å². The first-order valence-electron chi connectivity index (χ1n) is 11.6. The number of hydrogen-bond donors (Lipinski definition) is 3. The predicted octanol–water partition coefficient (Wildman–Crippen LogP) is 3.93. The number of phenols is 2. The van der Waals surface area contributed by atoms with Gasteiger partial charge in [0.2, 0.25) is 0 Å². The summed E-state index contributed by atoms with van der Waals surface area (Å²) in [6, 6.07) is 19.8. The van der Waals surface area contributed by atoms with E-state index in [4.69, 9.17) is 0 Å². The maximum Gasteiger partial charge on any atom is 0.331 e. The highest BCUT2D eigenvalue weighted by Gasteiger charge is 2.35. The molecule has 1 atom stereocenters. The van der Waals surface area contributed by atoms with Crippen LogP contribution in [0.1, 0.15) is 22.9 Å². The average molecular weight is 481 g/mol. The van der Waals surface area contributed by atoms with E-state index >= 15 is 0 Å². The number of benzene rings is 3. The molecular formula is C28H24N4O4. The third-order valence-corrected chi connectivity index (χ3v) is 7.06. The molecule has 0 saturated carbocycles. The van der Waals surface area contributed by atoms with Gasteiger partial charge in [-0.1, -0.05) is 42.5 Å². The molecule has 0 spiro atoms. The van der Waals surface area contributed by atoms with Crippen LogP contribution >= 0.6 is 0 Å². The summed E-state index contributed by atoms with van der Waals surface area (Å²) in [4.78, 5) is 26.8. The number of aromatic nitrogens is 3. The number of aryl methyl sites for hydroxylation is 2. The molecular weight excluding hydrogens is 456 g/mol. The Hall–Kier alpha value is -4.72. The fourth-order valence-electron chi connectivity index (χ4n) is 5.28. The van der Waals surface area contributed by atoms with Gasteiger partial charge in [-0.15, -0.1) is 0 Å². The molecule has 0 radical (unpaired) electrons. The van der Waals surface area contributed by atoms with E-state index in [9.17, 15) is 19.8 Å². The first-order chi connectivity index (χ1) is 17.3. The smallest absolute Gasteiger partial charge is 0.331 e. The van der Waals surface area contributed by atoms with Crippen molar-refractivity contribution in [2.75, 3.05) is 5.32 Å². The number of aromatic hydroxyl groups is 2. The normalized spacial score (nSPS) is 14.4. The van der Waals surface area contributed by atoms with Crippen molar-refractivity contribution < 1.29 is 10.2 Å². The Morgan fingerprint density at radius 1 is 0.861 bits per heavy atom. The maximum atomic E-state index is 13.7. The number of hydrogen-bond acceptors (Lipinski definition) is 5. The Labute approximate surface area is 205 Å². The van der Waals surface area contributed by atoms with Crippen LogP contribution in [0, 0.1) is 6.92 Å². The summed E-state index contributed by atoms with van der Waals surface area (Å²) in [5.41, 5.74) is 5.34. The van der Waals surface area contributed by atoms with Crippen LogP contribution in [-0.4, -0.2) is 23.9 Å². The zero-order valence-electron chi connectivity index (χ0n) is 20.0. The van der Waals surface area contributed by atoms with Crippen LogP contribution in [0.2, 0.25) is 0 Å². The van der Waals surface area contributed by atoms with Crippen LogP contribution in [0.25, 0.3) is 27.8 Å². The molecule has 180 valence electrons. The molecule has 0 aliphatic carbocycles. The molecule has 8 heteroatoms. The lowest BCUT2D eigenvalue weighted by Gasteiger charge is -2.31. The van der Waals surface area contributed by atoms with Crippen molar-refractivity contribution in [2.45, 2.75) is 13.0 Å². The van der Waals surface area contributed by atoms with Crippen molar-refractivity contribution >= 4 is 16.6 Å². The van der Waals surface area contributed by atoms with Crippen LogP contribution < -0.4 is 16.6 Å². The summed E-state index contributed by atoms with van der Waals surface area (Å²) in [5, 5.41) is 24.2. The van der Waals surface area contributed by atoms with Crippen LogP contribution in [0.15, 0.2) is 76.3 Å². The average Bonchev–Trinajstić information content (AvgIpc) is 3.24. The second-order valence-electron chi connectivity index (χ2n) is 9.16. The van der Waals surface area contributed by atoms with Crippen molar-refractivity contribution in [3.63, 3.8) is 0 Å². The first-order valence-corrected chi connectivity index (χ1v) is 11.6. The van der Waals surface area contributed by atoms with Gasteiger partial charge in [-0.2, -0.15) is 0 Å². The van der Waals surface area contributed by atoms with E-state index in [-0.39, 0.29) is 17.1 Å². The van der Waals surface area contributed by atoms with Crippen molar-refractivity contribution in [3.05, 3.63) is 104 Å². The molecule has 0 bridgehead atoms. The molecule has 0 saturated heterocycles. The maximum absolute atomic E-state index is 13.7. The highest BCUT2D eigenvalue weighted by Crippen LogP contribution is 2.46. The number of rotatable bonds is 2. The second-order valence-corrected chi connectivity index (χ2v) is 9.16. The van der Waals surface area contributed by atoms with E-state index in [1.54, 1.807) is 13.1 Å². The standard InChI is InChI=1S/C28H24N4O4/c1-15-8-4-5-9-17(15)24-22-25(30(2)28(36)31(3)27(22)35)26-23(16-12-13-20(33)21(34)14-16)29-18-10-6-7-11-19(18)32(24)26/h4-14,23,29,33-34H,1-3H3. The predicted molar refractivity (Wildman–Crippen MR) is 139 cm³/mol. The van der Waals surface area contributed by atoms with E-state index in [0.29, 0.717) is 27.9 Å². The molecule has 6 rings (SSSR count). The minimum absolute atomic E-state index is 0.225. The van der Waals surface area contributed by atoms with Crippen molar-refractivity contribution in [1.82, 2.24) is 13.7 Å². The van der Waals surface area contributed by atoms with Gasteiger partial charge in [0.15, 0.2) is 11.5 Å². The molecule has 3 N–H and O–H groups in total. The quantitative estimate of drug-likeness (QED) is 0.333. The number of nitrogens with zero attached hydrogens (tertiary/aromatic N) is 3. The molecule has 1 aliphatic rings. The van der Waals surface area contributed by atoms with Gasteiger partial charge in [-0.25, -0.2) is 4.79 Å². The number of para-hydroxylation sites is 2. The Balaban J connectivity index is 1.87. The molecule has 1 aliphatic heterocycles. The minimum Gasteiger partial charge on any atom is -0.504 e. The Kier molecular flexibility index (Phi) is 4.63. The summed E-state index contributed by atoms with van der Waals surface area (Å²) >= 11 is 0. The van der Waals surface area contributed by atoms with Gasteiger partial charge in [0.1, 0.15) is 0 Å². The number of phenolic OH excluding ortho intramolecular Hbond substituents is 2. The van der Waals surface area contributed by atoms with Crippen LogP contribution in [0.5, 0.6) is 11.5 Å². The van der Waals surface area contributed by atoms with Gasteiger partial charge in [0, 0.05) is 19.7 Å². The van der Waals surface area contributed by atoms with Crippen LogP contribution in [-0.2, 0) is 14.1 Å². The van der Waals surface area contributed by atoms with Gasteiger partial charge in [0.05, 0.1) is 39.7 Å². The largest absolute Gasteiger partial charge is 0.504 e. The van der Waals surface area contributed by atoms with Gasteiger partial charge in [0.25, 0.3) is 5.56 Å². The molecule has 1 unspecified atom stereocenters. The lowest BCUT2D eigenvalue weighted by molar-refractivity contribution is 0.403. The Morgan fingerprint density at radius 2 is 1.58 bits per heavy atom. The summed E-state index contributed by atoms with van der Waals surface area (Å²) in [6.45, 7) is 2.00. The molecule has 2 aromatic heterocycles. The van der Waals surface area contributed by atoms with E-state index in [1.165, 1.54) is 23.7 Å². The fourth-order valence-corrected chi connectivity index (χ4v) is 5.28. The van der Waals surface area contributed by atoms with Gasteiger partial charge in [-0.3, -0.25) is 13.9 Å². The SMILES string of the molecule is Cc1ccccc1-c1c2c(=O)n(C)c(=O)n(C)c2c2n1-c1ccccc1NC2c1ccc(O)c(O)c1. The Morgan fingerprint density at radius 3 is 2.33 bits per heavy atom. The molecule has 0 amide bonds. The first kappa shape index (κ1) is 21.8. The number of nitrogens with one attached hydrogen (secondary N) is 1. The lowest BCUT2D eigenvalue weighted by Crippen LogP contribution is -2.37. The van der Waals surface area contributed by atoms with Gasteiger partial charge < -0.3 is 20.1 Å². The minimum atomic E-state index is -0.524. The van der Waals surface area contributed by atoms with E-state index in [2.05, 4.69) is 5.32 Å². The van der Waals surface area contributed by atoms with E-state index in [1.807, 2.05) is 60.0 Å². The number of anilines is 1. The summed E-state index contributed by atoms with van der Waals surface area (Å²) < 4.78 is 4.69. The molecule has 0 fully saturated rings. The lowest BCUT2D eigenvalue weighted by atomic mass is 9.99.